The van der Waals surface area contributed by atoms with Gasteiger partial charge in [0.1, 0.15) is 18.2 Å². The van der Waals surface area contributed by atoms with Crippen LogP contribution in [0.15, 0.2) is 36.7 Å². The molecule has 0 radical (unpaired) electrons. The fraction of sp³-hybridized carbons (Fsp3) is 0.550. The van der Waals surface area contributed by atoms with Crippen molar-refractivity contribution in [2.24, 2.45) is 13.0 Å². The van der Waals surface area contributed by atoms with E-state index < -0.39 is 0 Å². The smallest absolute Gasteiger partial charge is 0.146 e. The number of imidazole rings is 1. The Balaban J connectivity index is 1.46. The highest BCUT2D eigenvalue weighted by atomic mass is 16.5. The number of aryl methyl sites for hydroxylation is 1. The molecular formula is C20H29N3O2. The van der Waals surface area contributed by atoms with Crippen LogP contribution in [0, 0.1) is 5.92 Å². The van der Waals surface area contributed by atoms with Crippen LogP contribution in [-0.2, 0) is 13.7 Å². The van der Waals surface area contributed by atoms with Gasteiger partial charge in [-0.15, -0.1) is 0 Å². The molecule has 136 valence electrons. The fourth-order valence-corrected chi connectivity index (χ4v) is 3.45. The van der Waals surface area contributed by atoms with Crippen molar-refractivity contribution in [2.45, 2.75) is 51.4 Å². The number of nitrogens with zero attached hydrogens (tertiary/aromatic N) is 2. The van der Waals surface area contributed by atoms with Gasteiger partial charge < -0.3 is 19.7 Å². The number of aromatic nitrogens is 2. The van der Waals surface area contributed by atoms with Crippen LogP contribution < -0.4 is 10.1 Å². The normalized spacial score (nSPS) is 21.9. The second-order valence-electron chi connectivity index (χ2n) is 7.13. The molecule has 0 saturated heterocycles. The molecular weight excluding hydrogens is 314 g/mol. The first-order chi connectivity index (χ1) is 12.1. The van der Waals surface area contributed by atoms with E-state index in [1.165, 1.54) is 12.0 Å². The molecule has 0 bridgehead atoms. The molecule has 2 N–H and O–H groups in total. The summed E-state index contributed by atoms with van der Waals surface area (Å²) in [6.45, 7) is 3.62. The first-order valence-electron chi connectivity index (χ1n) is 9.22. The van der Waals surface area contributed by atoms with Crippen molar-refractivity contribution in [1.82, 2.24) is 14.9 Å². The number of aliphatic hydroxyl groups excluding tert-OH is 1. The zero-order valence-electron chi connectivity index (χ0n) is 15.2. The van der Waals surface area contributed by atoms with Gasteiger partial charge >= 0.3 is 0 Å². The van der Waals surface area contributed by atoms with Gasteiger partial charge in [0.15, 0.2) is 0 Å². The van der Waals surface area contributed by atoms with Crippen LogP contribution in [-0.4, -0.2) is 27.3 Å². The van der Waals surface area contributed by atoms with Crippen molar-refractivity contribution in [2.75, 3.05) is 6.54 Å². The molecule has 5 heteroatoms. The highest BCUT2D eigenvalue weighted by molar-refractivity contribution is 5.29. The van der Waals surface area contributed by atoms with Crippen LogP contribution in [0.5, 0.6) is 5.75 Å². The Morgan fingerprint density at radius 1 is 1.32 bits per heavy atom. The first kappa shape index (κ1) is 18.0. The van der Waals surface area contributed by atoms with Crippen molar-refractivity contribution in [3.05, 3.63) is 48.0 Å². The maximum atomic E-state index is 9.78. The third-order valence-corrected chi connectivity index (χ3v) is 5.14. The van der Waals surface area contributed by atoms with E-state index in [1.54, 1.807) is 6.20 Å². The summed E-state index contributed by atoms with van der Waals surface area (Å²) in [6, 6.07) is 8.55. The quantitative estimate of drug-likeness (QED) is 0.810. The Labute approximate surface area is 150 Å². The predicted molar refractivity (Wildman–Crippen MR) is 98.4 cm³/mol. The molecule has 1 aromatic carbocycles. The molecule has 1 fully saturated rings. The molecule has 0 aliphatic heterocycles. The summed E-state index contributed by atoms with van der Waals surface area (Å²) in [5.74, 6) is 2.36. The molecule has 0 amide bonds. The van der Waals surface area contributed by atoms with Gasteiger partial charge in [-0.1, -0.05) is 18.6 Å². The Hall–Kier alpha value is -1.85. The molecule has 3 unspecified atom stereocenters. The number of ether oxygens (including phenoxy) is 1. The zero-order valence-corrected chi connectivity index (χ0v) is 15.2. The van der Waals surface area contributed by atoms with Gasteiger partial charge in [0.25, 0.3) is 0 Å². The van der Waals surface area contributed by atoms with Crippen LogP contribution >= 0.6 is 0 Å². The summed E-state index contributed by atoms with van der Waals surface area (Å²) in [6.07, 6.45) is 7.85. The number of aliphatic hydroxyl groups is 1. The monoisotopic (exact) mass is 343 g/mol. The summed E-state index contributed by atoms with van der Waals surface area (Å²) in [4.78, 5) is 4.26. The topological polar surface area (TPSA) is 59.3 Å². The lowest BCUT2D eigenvalue weighted by molar-refractivity contribution is 0.0998. The van der Waals surface area contributed by atoms with Crippen LogP contribution in [0.4, 0.5) is 0 Å². The summed E-state index contributed by atoms with van der Waals surface area (Å²) in [7, 11) is 1.97. The average molecular weight is 343 g/mol. The molecule has 1 heterocycles. The van der Waals surface area contributed by atoms with E-state index in [0.29, 0.717) is 18.6 Å². The second-order valence-corrected chi connectivity index (χ2v) is 7.13. The van der Waals surface area contributed by atoms with Crippen molar-refractivity contribution < 1.29 is 9.84 Å². The minimum absolute atomic E-state index is 0.106. The average Bonchev–Trinajstić information content (AvgIpc) is 3.03. The van der Waals surface area contributed by atoms with Gasteiger partial charge in [-0.05, 0) is 56.3 Å². The molecule has 1 aliphatic carbocycles. The molecule has 1 aromatic heterocycles. The highest BCUT2D eigenvalue weighted by Crippen LogP contribution is 2.25. The van der Waals surface area contributed by atoms with Gasteiger partial charge in [-0.3, -0.25) is 0 Å². The van der Waals surface area contributed by atoms with Crippen LogP contribution in [0.25, 0.3) is 0 Å². The minimum Gasteiger partial charge on any atom is -0.486 e. The van der Waals surface area contributed by atoms with E-state index >= 15 is 0 Å². The summed E-state index contributed by atoms with van der Waals surface area (Å²) in [5.41, 5.74) is 1.25. The summed E-state index contributed by atoms with van der Waals surface area (Å²) in [5, 5.41) is 13.4. The van der Waals surface area contributed by atoms with Crippen molar-refractivity contribution in [1.29, 1.82) is 0 Å². The Bertz CT molecular complexity index is 653. The van der Waals surface area contributed by atoms with Crippen molar-refractivity contribution in [3.8, 4) is 5.75 Å². The molecule has 1 aliphatic rings. The molecule has 3 atom stereocenters. The summed E-state index contributed by atoms with van der Waals surface area (Å²) >= 11 is 0. The van der Waals surface area contributed by atoms with E-state index in [-0.39, 0.29) is 6.10 Å². The summed E-state index contributed by atoms with van der Waals surface area (Å²) < 4.78 is 7.76. The van der Waals surface area contributed by atoms with Crippen LogP contribution in [0.3, 0.4) is 0 Å². The maximum Gasteiger partial charge on any atom is 0.146 e. The van der Waals surface area contributed by atoms with E-state index in [2.05, 4.69) is 29.4 Å². The maximum absolute atomic E-state index is 9.78. The third-order valence-electron chi connectivity index (χ3n) is 5.14. The largest absolute Gasteiger partial charge is 0.486 e. The fourth-order valence-electron chi connectivity index (χ4n) is 3.45. The van der Waals surface area contributed by atoms with E-state index in [9.17, 15) is 5.11 Å². The highest BCUT2D eigenvalue weighted by Gasteiger charge is 2.20. The molecule has 3 rings (SSSR count). The number of hydrogen-bond donors (Lipinski definition) is 2. The van der Waals surface area contributed by atoms with E-state index in [4.69, 9.17) is 4.74 Å². The number of nitrogens with one attached hydrogen (secondary N) is 1. The predicted octanol–water partition coefficient (Wildman–Crippen LogP) is 3.20. The lowest BCUT2D eigenvalue weighted by Gasteiger charge is -2.27. The molecule has 2 aromatic rings. The molecule has 0 spiro atoms. The van der Waals surface area contributed by atoms with E-state index in [1.807, 2.05) is 29.9 Å². The van der Waals surface area contributed by atoms with Gasteiger partial charge in [0.05, 0.1) is 6.10 Å². The molecule has 5 nitrogen and oxygen atoms in total. The molecule has 25 heavy (non-hydrogen) atoms. The van der Waals surface area contributed by atoms with Gasteiger partial charge in [-0.25, -0.2) is 4.98 Å². The molecule has 1 saturated carbocycles. The number of benzene rings is 1. The number of hydrogen-bond acceptors (Lipinski definition) is 4. The second kappa shape index (κ2) is 8.50. The van der Waals surface area contributed by atoms with Gasteiger partial charge in [-0.2, -0.15) is 0 Å². The standard InChI is InChI=1S/C20H29N3O2/c1-15(22-13-16-4-3-5-18(24)12-16)17-6-8-19(9-7-17)25-14-20-21-10-11-23(20)2/h6-11,15-16,18,22,24H,3-5,12-14H2,1-2H3. The van der Waals surface area contributed by atoms with Crippen LogP contribution in [0.1, 0.15) is 50.0 Å². The Kier molecular flexibility index (Phi) is 6.10. The third kappa shape index (κ3) is 5.06. The lowest BCUT2D eigenvalue weighted by atomic mass is 9.87. The first-order valence-corrected chi connectivity index (χ1v) is 9.22. The SMILES string of the molecule is CC(NCC1CCCC(O)C1)c1ccc(OCc2nccn2C)cc1. The van der Waals surface area contributed by atoms with Crippen molar-refractivity contribution >= 4 is 0 Å². The zero-order chi connectivity index (χ0) is 17.6. The van der Waals surface area contributed by atoms with E-state index in [0.717, 1.165) is 37.4 Å². The number of rotatable bonds is 7. The van der Waals surface area contributed by atoms with Crippen LogP contribution in [0.2, 0.25) is 0 Å². The van der Waals surface area contributed by atoms with Crippen molar-refractivity contribution in [3.63, 3.8) is 0 Å². The Morgan fingerprint density at radius 2 is 2.12 bits per heavy atom. The minimum atomic E-state index is -0.106. The lowest BCUT2D eigenvalue weighted by Crippen LogP contribution is -2.30. The van der Waals surface area contributed by atoms with Gasteiger partial charge in [0.2, 0.25) is 0 Å². The van der Waals surface area contributed by atoms with Gasteiger partial charge in [0, 0.05) is 25.5 Å². The Morgan fingerprint density at radius 3 is 2.80 bits per heavy atom.